The van der Waals surface area contributed by atoms with Gasteiger partial charge in [0.2, 0.25) is 0 Å². The molecule has 29 heavy (non-hydrogen) atoms. The van der Waals surface area contributed by atoms with Crippen molar-refractivity contribution in [2.75, 3.05) is 23.9 Å². The molecule has 1 aromatic heterocycles. The van der Waals surface area contributed by atoms with Gasteiger partial charge in [-0.1, -0.05) is 18.2 Å². The lowest BCUT2D eigenvalue weighted by Gasteiger charge is -2.29. The zero-order valence-electron chi connectivity index (χ0n) is 16.0. The maximum atomic E-state index is 12.9. The van der Waals surface area contributed by atoms with Crippen molar-refractivity contribution in [2.45, 2.75) is 12.8 Å². The number of aromatic nitrogens is 2. The first-order valence-corrected chi connectivity index (χ1v) is 9.33. The average Bonchev–Trinajstić information content (AvgIpc) is 2.78. The first-order chi connectivity index (χ1) is 14.2. The highest BCUT2D eigenvalue weighted by Gasteiger charge is 2.24. The average molecular weight is 388 g/mol. The number of aryl methyl sites for hydroxylation is 1. The van der Waals surface area contributed by atoms with Crippen LogP contribution >= 0.6 is 0 Å². The van der Waals surface area contributed by atoms with Gasteiger partial charge in [0.15, 0.2) is 0 Å². The van der Waals surface area contributed by atoms with Gasteiger partial charge in [-0.05, 0) is 48.7 Å². The number of benzene rings is 2. The van der Waals surface area contributed by atoms with E-state index < -0.39 is 5.97 Å². The molecule has 0 radical (unpaired) electrons. The summed E-state index contributed by atoms with van der Waals surface area (Å²) in [6, 6.07) is 14.8. The molecular weight excluding hydrogens is 368 g/mol. The number of hydrogen-bond donors (Lipinski definition) is 1. The van der Waals surface area contributed by atoms with Crippen LogP contribution in [0.1, 0.15) is 32.8 Å². The molecule has 7 heteroatoms. The Kier molecular flexibility index (Phi) is 5.20. The van der Waals surface area contributed by atoms with E-state index in [4.69, 9.17) is 0 Å². The van der Waals surface area contributed by atoms with Crippen molar-refractivity contribution in [3.63, 3.8) is 0 Å². The summed E-state index contributed by atoms with van der Waals surface area (Å²) in [5.74, 6) is -0.0384. The van der Waals surface area contributed by atoms with Crippen LogP contribution in [-0.4, -0.2) is 35.5 Å². The Morgan fingerprint density at radius 1 is 1.03 bits per heavy atom. The first kappa shape index (κ1) is 18.6. The van der Waals surface area contributed by atoms with Gasteiger partial charge in [0.25, 0.3) is 5.91 Å². The van der Waals surface area contributed by atoms with E-state index in [1.165, 1.54) is 25.1 Å². The molecular formula is C22H20N4O3. The Morgan fingerprint density at radius 3 is 2.55 bits per heavy atom. The second-order valence-corrected chi connectivity index (χ2v) is 6.67. The summed E-state index contributed by atoms with van der Waals surface area (Å²) in [5, 5.41) is 3.10. The van der Waals surface area contributed by atoms with Crippen LogP contribution < -0.4 is 10.2 Å². The number of para-hydroxylation sites is 1. The van der Waals surface area contributed by atoms with Crippen LogP contribution in [0.25, 0.3) is 0 Å². The van der Waals surface area contributed by atoms with Crippen molar-refractivity contribution in [1.29, 1.82) is 0 Å². The molecule has 0 bridgehead atoms. The van der Waals surface area contributed by atoms with Gasteiger partial charge in [0, 0.05) is 17.9 Å². The number of fused-ring (bicyclic) bond motifs is 1. The van der Waals surface area contributed by atoms with Crippen molar-refractivity contribution in [1.82, 2.24) is 9.97 Å². The van der Waals surface area contributed by atoms with E-state index in [0.29, 0.717) is 23.6 Å². The van der Waals surface area contributed by atoms with Gasteiger partial charge in [-0.2, -0.15) is 0 Å². The van der Waals surface area contributed by atoms with Crippen molar-refractivity contribution in [3.8, 4) is 0 Å². The maximum absolute atomic E-state index is 12.9. The first-order valence-electron chi connectivity index (χ1n) is 9.33. The van der Waals surface area contributed by atoms with Crippen molar-refractivity contribution >= 4 is 29.1 Å². The summed E-state index contributed by atoms with van der Waals surface area (Å²) in [6.45, 7) is 0.671. The molecule has 0 fully saturated rings. The van der Waals surface area contributed by atoms with Crippen LogP contribution in [0.4, 0.5) is 17.2 Å². The van der Waals surface area contributed by atoms with E-state index in [1.54, 1.807) is 29.2 Å². The van der Waals surface area contributed by atoms with E-state index in [2.05, 4.69) is 26.1 Å². The summed E-state index contributed by atoms with van der Waals surface area (Å²) in [4.78, 5) is 34.8. The van der Waals surface area contributed by atoms with Gasteiger partial charge in [0.05, 0.1) is 25.1 Å². The van der Waals surface area contributed by atoms with Gasteiger partial charge in [-0.15, -0.1) is 0 Å². The number of nitrogens with one attached hydrogen (secondary N) is 1. The number of methoxy groups -OCH3 is 1. The molecule has 2 heterocycles. The highest BCUT2D eigenvalue weighted by molar-refractivity contribution is 6.05. The zero-order valence-corrected chi connectivity index (χ0v) is 16.0. The van der Waals surface area contributed by atoms with E-state index in [1.807, 2.05) is 18.2 Å². The third kappa shape index (κ3) is 3.94. The second kappa shape index (κ2) is 8.10. The molecule has 1 amide bonds. The fourth-order valence-electron chi connectivity index (χ4n) is 3.34. The van der Waals surface area contributed by atoms with Gasteiger partial charge >= 0.3 is 5.97 Å². The third-order valence-electron chi connectivity index (χ3n) is 4.80. The number of hydrogen-bond acceptors (Lipinski definition) is 6. The Hall–Kier alpha value is -3.74. The minimum absolute atomic E-state index is 0.154. The fourth-order valence-corrected chi connectivity index (χ4v) is 3.34. The van der Waals surface area contributed by atoms with E-state index in [-0.39, 0.29) is 5.91 Å². The van der Waals surface area contributed by atoms with Crippen molar-refractivity contribution in [2.24, 2.45) is 0 Å². The topological polar surface area (TPSA) is 84.4 Å². The lowest BCUT2D eigenvalue weighted by molar-refractivity contribution is 0.0600. The zero-order chi connectivity index (χ0) is 20.2. The van der Waals surface area contributed by atoms with Gasteiger partial charge < -0.3 is 15.0 Å². The van der Waals surface area contributed by atoms with Crippen molar-refractivity contribution < 1.29 is 14.3 Å². The monoisotopic (exact) mass is 388 g/mol. The van der Waals surface area contributed by atoms with E-state index >= 15 is 0 Å². The van der Waals surface area contributed by atoms with Gasteiger partial charge in [-0.3, -0.25) is 4.79 Å². The third-order valence-corrected chi connectivity index (χ3v) is 4.80. The van der Waals surface area contributed by atoms with Crippen LogP contribution in [0.3, 0.4) is 0 Å². The normalized spacial score (nSPS) is 12.8. The quantitative estimate of drug-likeness (QED) is 0.688. The molecule has 1 aliphatic rings. The van der Waals surface area contributed by atoms with Gasteiger partial charge in [-0.25, -0.2) is 14.8 Å². The van der Waals surface area contributed by atoms with Crippen LogP contribution in [0, 0.1) is 0 Å². The van der Waals surface area contributed by atoms with Crippen molar-refractivity contribution in [3.05, 3.63) is 77.7 Å². The minimum Gasteiger partial charge on any atom is -0.465 e. The maximum Gasteiger partial charge on any atom is 0.337 e. The predicted molar refractivity (Wildman–Crippen MR) is 110 cm³/mol. The molecule has 4 rings (SSSR count). The summed E-state index contributed by atoms with van der Waals surface area (Å²) >= 11 is 0. The lowest BCUT2D eigenvalue weighted by Crippen LogP contribution is -2.36. The standard InChI is InChI=1S/C22H20N4O3/c1-29-22(28)16-8-10-17(11-9-16)25-20-14-23-18(13-24-20)21(27)26-12-4-6-15-5-2-3-7-19(15)26/h2-3,5,7-11,13-14H,4,6,12H2,1H3,(H,24,25). The molecule has 3 aromatic rings. The fraction of sp³-hybridized carbons (Fsp3) is 0.182. The van der Waals surface area contributed by atoms with E-state index in [0.717, 1.165) is 24.2 Å². The van der Waals surface area contributed by atoms with E-state index in [9.17, 15) is 9.59 Å². The molecule has 7 nitrogen and oxygen atoms in total. The molecule has 0 aliphatic carbocycles. The Labute approximate surface area is 168 Å². The van der Waals surface area contributed by atoms with Crippen LogP contribution in [0.15, 0.2) is 60.9 Å². The van der Waals surface area contributed by atoms with Crippen LogP contribution in [-0.2, 0) is 11.2 Å². The van der Waals surface area contributed by atoms with Crippen LogP contribution in [0.2, 0.25) is 0 Å². The molecule has 0 saturated carbocycles. The number of anilines is 3. The number of nitrogens with zero attached hydrogens (tertiary/aromatic N) is 3. The minimum atomic E-state index is -0.390. The molecule has 0 saturated heterocycles. The Bertz CT molecular complexity index is 1030. The molecule has 0 unspecified atom stereocenters. The van der Waals surface area contributed by atoms with Gasteiger partial charge in [0.1, 0.15) is 11.5 Å². The Morgan fingerprint density at radius 2 is 1.83 bits per heavy atom. The molecule has 0 spiro atoms. The predicted octanol–water partition coefficient (Wildman–Crippen LogP) is 3.60. The molecule has 1 aliphatic heterocycles. The lowest BCUT2D eigenvalue weighted by atomic mass is 10.0. The number of carbonyl (C=O) groups excluding carboxylic acids is 2. The Balaban J connectivity index is 1.47. The molecule has 1 N–H and O–H groups in total. The smallest absolute Gasteiger partial charge is 0.337 e. The largest absolute Gasteiger partial charge is 0.465 e. The number of carbonyl (C=O) groups is 2. The highest BCUT2D eigenvalue weighted by atomic mass is 16.5. The summed E-state index contributed by atoms with van der Waals surface area (Å²) in [7, 11) is 1.34. The van der Waals surface area contributed by atoms with Crippen LogP contribution in [0.5, 0.6) is 0 Å². The second-order valence-electron chi connectivity index (χ2n) is 6.67. The SMILES string of the molecule is COC(=O)c1ccc(Nc2cnc(C(=O)N3CCCc4ccccc43)cn2)cc1. The number of ether oxygens (including phenoxy) is 1. The summed E-state index contributed by atoms with van der Waals surface area (Å²) in [5.41, 5.74) is 3.63. The molecule has 146 valence electrons. The summed E-state index contributed by atoms with van der Waals surface area (Å²) in [6.07, 6.45) is 4.91. The highest BCUT2D eigenvalue weighted by Crippen LogP contribution is 2.27. The molecule has 2 aromatic carbocycles. The summed E-state index contributed by atoms with van der Waals surface area (Å²) < 4.78 is 4.68. The molecule has 0 atom stereocenters. The number of rotatable bonds is 4. The number of amides is 1. The number of esters is 1.